The number of quaternary nitrogens is 1. The zero-order chi connectivity index (χ0) is 18.6. The summed E-state index contributed by atoms with van der Waals surface area (Å²) in [5.74, 6) is -0.0504. The normalized spacial score (nSPS) is 17.6. The number of rotatable bonds is 5. The molecular formula is C19H24N3O3S+. The van der Waals surface area contributed by atoms with Crippen LogP contribution in [-0.2, 0) is 14.8 Å². The molecule has 0 aliphatic carbocycles. The molecule has 6 nitrogen and oxygen atoms in total. The van der Waals surface area contributed by atoms with Gasteiger partial charge in [0.1, 0.15) is 0 Å². The fourth-order valence-corrected chi connectivity index (χ4v) is 4.61. The third-order valence-corrected chi connectivity index (χ3v) is 6.71. The molecule has 0 radical (unpaired) electrons. The van der Waals surface area contributed by atoms with Gasteiger partial charge in [0, 0.05) is 5.69 Å². The van der Waals surface area contributed by atoms with Crippen molar-refractivity contribution in [3.8, 4) is 0 Å². The second-order valence-electron chi connectivity index (χ2n) is 6.45. The van der Waals surface area contributed by atoms with Crippen molar-refractivity contribution in [1.82, 2.24) is 4.31 Å². The van der Waals surface area contributed by atoms with E-state index in [1.807, 2.05) is 37.3 Å². The van der Waals surface area contributed by atoms with Crippen LogP contribution in [0.5, 0.6) is 0 Å². The molecule has 2 aromatic carbocycles. The maximum Gasteiger partial charge on any atom is 0.282 e. The molecule has 1 atom stereocenters. The number of carbonyl (C=O) groups excluding carboxylic acids is 1. The second kappa shape index (κ2) is 7.99. The molecule has 138 valence electrons. The SMILES string of the molecule is C[C@@H](C(=O)Nc1ccccc1)[NH+]1CCN(S(=O)(=O)c2ccccc2)CC1. The standard InChI is InChI=1S/C19H23N3O3S/c1-16(19(23)20-17-8-4-2-5-9-17)21-12-14-22(15-13-21)26(24,25)18-10-6-3-7-11-18/h2-11,16H,12-15H2,1H3,(H,20,23)/p+1/t16-/m0/s1. The van der Waals surface area contributed by atoms with Gasteiger partial charge in [-0.25, -0.2) is 8.42 Å². The minimum absolute atomic E-state index is 0.0504. The molecule has 2 aromatic rings. The molecule has 1 heterocycles. The molecule has 0 saturated carbocycles. The number of amides is 1. The van der Waals surface area contributed by atoms with Gasteiger partial charge in [-0.3, -0.25) is 4.79 Å². The number of piperazine rings is 1. The topological polar surface area (TPSA) is 70.9 Å². The third-order valence-electron chi connectivity index (χ3n) is 4.79. The Hall–Kier alpha value is -2.22. The van der Waals surface area contributed by atoms with Gasteiger partial charge in [0.2, 0.25) is 10.0 Å². The first-order valence-electron chi connectivity index (χ1n) is 8.74. The summed E-state index contributed by atoms with van der Waals surface area (Å²) in [4.78, 5) is 13.9. The van der Waals surface area contributed by atoms with Gasteiger partial charge in [-0.1, -0.05) is 36.4 Å². The summed E-state index contributed by atoms with van der Waals surface area (Å²) in [6.45, 7) is 3.92. The summed E-state index contributed by atoms with van der Waals surface area (Å²) in [7, 11) is -3.46. The van der Waals surface area contributed by atoms with Gasteiger partial charge in [-0.05, 0) is 31.2 Å². The predicted molar refractivity (Wildman–Crippen MR) is 100 cm³/mol. The van der Waals surface area contributed by atoms with Crippen LogP contribution in [0.3, 0.4) is 0 Å². The summed E-state index contributed by atoms with van der Waals surface area (Å²) < 4.78 is 26.9. The van der Waals surface area contributed by atoms with Crippen LogP contribution >= 0.6 is 0 Å². The number of nitrogens with one attached hydrogen (secondary N) is 2. The monoisotopic (exact) mass is 374 g/mol. The molecule has 7 heteroatoms. The van der Waals surface area contributed by atoms with E-state index < -0.39 is 10.0 Å². The lowest BCUT2D eigenvalue weighted by molar-refractivity contribution is -0.917. The van der Waals surface area contributed by atoms with Crippen LogP contribution in [0, 0.1) is 0 Å². The fourth-order valence-electron chi connectivity index (χ4n) is 3.15. The van der Waals surface area contributed by atoms with Crippen LogP contribution in [0.15, 0.2) is 65.6 Å². The van der Waals surface area contributed by atoms with E-state index in [4.69, 9.17) is 0 Å². The number of anilines is 1. The van der Waals surface area contributed by atoms with Gasteiger partial charge in [-0.2, -0.15) is 4.31 Å². The van der Waals surface area contributed by atoms with E-state index in [1.165, 1.54) is 4.31 Å². The van der Waals surface area contributed by atoms with Crippen molar-refractivity contribution < 1.29 is 18.1 Å². The number of benzene rings is 2. The minimum atomic E-state index is -3.46. The average Bonchev–Trinajstić information content (AvgIpc) is 2.69. The zero-order valence-corrected chi connectivity index (χ0v) is 15.6. The molecule has 1 aliphatic rings. The van der Waals surface area contributed by atoms with Gasteiger partial charge in [0.05, 0.1) is 31.1 Å². The molecule has 26 heavy (non-hydrogen) atoms. The van der Waals surface area contributed by atoms with E-state index >= 15 is 0 Å². The van der Waals surface area contributed by atoms with Crippen LogP contribution in [0.1, 0.15) is 6.92 Å². The molecular weight excluding hydrogens is 350 g/mol. The Morgan fingerprint density at radius 1 is 1.00 bits per heavy atom. The molecule has 0 bridgehead atoms. The minimum Gasteiger partial charge on any atom is -0.323 e. The Kier molecular flexibility index (Phi) is 5.70. The van der Waals surface area contributed by atoms with Gasteiger partial charge in [-0.15, -0.1) is 0 Å². The van der Waals surface area contributed by atoms with Gasteiger partial charge < -0.3 is 10.2 Å². The number of hydrogen-bond acceptors (Lipinski definition) is 3. The second-order valence-corrected chi connectivity index (χ2v) is 8.39. The first-order valence-corrected chi connectivity index (χ1v) is 10.2. The van der Waals surface area contributed by atoms with Crippen LogP contribution in [-0.4, -0.2) is 50.9 Å². The molecule has 0 aromatic heterocycles. The summed E-state index contributed by atoms with van der Waals surface area (Å²) in [6, 6.07) is 17.6. The van der Waals surface area contributed by atoms with E-state index in [1.54, 1.807) is 30.3 Å². The smallest absolute Gasteiger partial charge is 0.282 e. The highest BCUT2D eigenvalue weighted by molar-refractivity contribution is 7.89. The molecule has 0 unspecified atom stereocenters. The van der Waals surface area contributed by atoms with Crippen LogP contribution in [0.4, 0.5) is 5.69 Å². The van der Waals surface area contributed by atoms with Gasteiger partial charge in [0.25, 0.3) is 5.91 Å². The first kappa shape index (κ1) is 18.6. The zero-order valence-electron chi connectivity index (χ0n) is 14.8. The summed E-state index contributed by atoms with van der Waals surface area (Å²) in [5, 5.41) is 2.91. The highest BCUT2D eigenvalue weighted by Crippen LogP contribution is 2.14. The first-order chi connectivity index (χ1) is 12.5. The maximum atomic E-state index is 12.7. The molecule has 1 saturated heterocycles. The van der Waals surface area contributed by atoms with Crippen molar-refractivity contribution in [3.05, 3.63) is 60.7 Å². The molecule has 2 N–H and O–H groups in total. The predicted octanol–water partition coefficient (Wildman–Crippen LogP) is 0.603. The van der Waals surface area contributed by atoms with Crippen molar-refractivity contribution >= 4 is 21.6 Å². The van der Waals surface area contributed by atoms with E-state index in [2.05, 4.69) is 5.32 Å². The van der Waals surface area contributed by atoms with Crippen molar-refractivity contribution in [2.24, 2.45) is 0 Å². The lowest BCUT2D eigenvalue weighted by atomic mass is 10.2. The Morgan fingerprint density at radius 3 is 2.12 bits per heavy atom. The third kappa shape index (κ3) is 4.12. The largest absolute Gasteiger partial charge is 0.323 e. The Morgan fingerprint density at radius 2 is 1.54 bits per heavy atom. The molecule has 1 amide bonds. The summed E-state index contributed by atoms with van der Waals surface area (Å²) in [6.07, 6.45) is 0. The van der Waals surface area contributed by atoms with E-state index in [9.17, 15) is 13.2 Å². The summed E-state index contributed by atoms with van der Waals surface area (Å²) >= 11 is 0. The van der Waals surface area contributed by atoms with Crippen molar-refractivity contribution in [3.63, 3.8) is 0 Å². The molecule has 1 fully saturated rings. The Balaban J connectivity index is 1.59. The maximum absolute atomic E-state index is 12.7. The lowest BCUT2D eigenvalue weighted by Gasteiger charge is -2.34. The number of sulfonamides is 1. The van der Waals surface area contributed by atoms with Crippen LogP contribution in [0.2, 0.25) is 0 Å². The van der Waals surface area contributed by atoms with Crippen molar-refractivity contribution in [1.29, 1.82) is 0 Å². The number of nitrogens with zero attached hydrogens (tertiary/aromatic N) is 1. The van der Waals surface area contributed by atoms with Gasteiger partial charge >= 0.3 is 0 Å². The van der Waals surface area contributed by atoms with Gasteiger partial charge in [0.15, 0.2) is 6.04 Å². The van der Waals surface area contributed by atoms with Crippen molar-refractivity contribution in [2.75, 3.05) is 31.5 Å². The lowest BCUT2D eigenvalue weighted by Crippen LogP contribution is -3.19. The number of carbonyl (C=O) groups is 1. The highest BCUT2D eigenvalue weighted by atomic mass is 32.2. The number of hydrogen-bond donors (Lipinski definition) is 2. The van der Waals surface area contributed by atoms with Crippen LogP contribution < -0.4 is 10.2 Å². The van der Waals surface area contributed by atoms with Crippen LogP contribution in [0.25, 0.3) is 0 Å². The highest BCUT2D eigenvalue weighted by Gasteiger charge is 2.34. The van der Waals surface area contributed by atoms with Crippen molar-refractivity contribution in [2.45, 2.75) is 17.9 Å². The molecule has 3 rings (SSSR count). The Labute approximate surface area is 154 Å². The molecule has 0 spiro atoms. The quantitative estimate of drug-likeness (QED) is 0.805. The fraction of sp³-hybridized carbons (Fsp3) is 0.316. The average molecular weight is 374 g/mol. The van der Waals surface area contributed by atoms with E-state index in [-0.39, 0.29) is 11.9 Å². The number of para-hydroxylation sites is 1. The Bertz CT molecular complexity index is 833. The summed E-state index contributed by atoms with van der Waals surface area (Å²) in [5.41, 5.74) is 0.772. The molecule has 1 aliphatic heterocycles. The van der Waals surface area contributed by atoms with E-state index in [0.717, 1.165) is 10.6 Å². The van der Waals surface area contributed by atoms with E-state index in [0.29, 0.717) is 31.1 Å².